The van der Waals surface area contributed by atoms with Crippen molar-refractivity contribution in [1.29, 1.82) is 0 Å². The lowest BCUT2D eigenvalue weighted by Crippen LogP contribution is -2.37. The number of aromatic nitrogens is 2. The molecule has 0 radical (unpaired) electrons. The number of rotatable bonds is 10. The first-order chi connectivity index (χ1) is 26.9. The van der Waals surface area contributed by atoms with E-state index >= 15 is 0 Å². The molecular formula is C42H36Cl3N5O5S. The van der Waals surface area contributed by atoms with Crippen molar-refractivity contribution >= 4 is 79.0 Å². The molecular weight excluding hydrogens is 793 g/mol. The minimum absolute atomic E-state index is 0.0556. The van der Waals surface area contributed by atoms with Gasteiger partial charge in [0, 0.05) is 30.9 Å². The molecule has 6 aromatic rings. The van der Waals surface area contributed by atoms with Crippen LogP contribution in [0.25, 0.3) is 16.5 Å². The molecule has 5 aromatic carbocycles. The molecule has 0 fully saturated rings. The number of anilines is 1. The normalized spacial score (nSPS) is 12.7. The van der Waals surface area contributed by atoms with Crippen LogP contribution in [0.5, 0.6) is 0 Å². The molecule has 0 unspecified atom stereocenters. The Morgan fingerprint density at radius 1 is 0.839 bits per heavy atom. The number of hydrogen-bond donors (Lipinski definition) is 1. The third-order valence-corrected chi connectivity index (χ3v) is 12.4. The van der Waals surface area contributed by atoms with E-state index in [2.05, 4.69) is 9.82 Å². The van der Waals surface area contributed by atoms with Gasteiger partial charge >= 0.3 is 0 Å². The van der Waals surface area contributed by atoms with E-state index in [0.717, 1.165) is 22.9 Å². The van der Waals surface area contributed by atoms with Crippen molar-refractivity contribution in [3.63, 3.8) is 0 Å². The zero-order chi connectivity index (χ0) is 39.7. The number of benzene rings is 5. The van der Waals surface area contributed by atoms with Crippen LogP contribution in [0.3, 0.4) is 0 Å². The molecule has 56 heavy (non-hydrogen) atoms. The lowest BCUT2D eigenvalue weighted by molar-refractivity contribution is 0.0734. The SMILES string of the molecule is CCCCN(C(=O)c1nn(-c2ccc(C(=O)NS(=O)(=O)c3ccc4ccccc4c3)cc2C(=O)N2CCc3ccccc3C2)c(C)c1Cl)c1ccc(Cl)c(Cl)c1. The smallest absolute Gasteiger partial charge is 0.280 e. The molecule has 286 valence electrons. The van der Waals surface area contributed by atoms with Gasteiger partial charge in [-0.25, -0.2) is 17.8 Å². The molecule has 0 saturated heterocycles. The number of fused-ring (bicyclic) bond motifs is 2. The van der Waals surface area contributed by atoms with E-state index in [1.165, 1.54) is 39.9 Å². The highest BCUT2D eigenvalue weighted by molar-refractivity contribution is 7.90. The second-order valence-corrected chi connectivity index (χ2v) is 16.4. The Kier molecular flexibility index (Phi) is 11.2. The summed E-state index contributed by atoms with van der Waals surface area (Å²) < 4.78 is 30.5. The Morgan fingerprint density at radius 2 is 1.57 bits per heavy atom. The van der Waals surface area contributed by atoms with E-state index in [0.29, 0.717) is 54.3 Å². The summed E-state index contributed by atoms with van der Waals surface area (Å²) in [5, 5.41) is 6.90. The number of sulfonamides is 1. The minimum Gasteiger partial charge on any atom is -0.334 e. The van der Waals surface area contributed by atoms with Gasteiger partial charge in [-0.3, -0.25) is 14.4 Å². The largest absolute Gasteiger partial charge is 0.334 e. The molecule has 1 aliphatic heterocycles. The van der Waals surface area contributed by atoms with E-state index in [4.69, 9.17) is 34.8 Å². The first-order valence-corrected chi connectivity index (χ1v) is 20.6. The van der Waals surface area contributed by atoms with Gasteiger partial charge in [0.05, 0.1) is 36.9 Å². The van der Waals surface area contributed by atoms with E-state index in [1.54, 1.807) is 48.2 Å². The zero-order valence-corrected chi connectivity index (χ0v) is 33.5. The highest BCUT2D eigenvalue weighted by Crippen LogP contribution is 2.32. The third-order valence-electron chi connectivity index (χ3n) is 9.83. The van der Waals surface area contributed by atoms with Gasteiger partial charge in [0.15, 0.2) is 5.69 Å². The number of amides is 3. The van der Waals surface area contributed by atoms with E-state index in [-0.39, 0.29) is 37.4 Å². The van der Waals surface area contributed by atoms with Gasteiger partial charge in [0.25, 0.3) is 27.7 Å². The summed E-state index contributed by atoms with van der Waals surface area (Å²) in [6.45, 7) is 4.75. The number of unbranched alkanes of at least 4 members (excludes halogenated alkanes) is 1. The van der Waals surface area contributed by atoms with Gasteiger partial charge in [-0.2, -0.15) is 5.10 Å². The average Bonchev–Trinajstić information content (AvgIpc) is 3.50. The van der Waals surface area contributed by atoms with Crippen molar-refractivity contribution in [3.8, 4) is 5.69 Å². The van der Waals surface area contributed by atoms with Crippen molar-refractivity contribution in [1.82, 2.24) is 19.4 Å². The third kappa shape index (κ3) is 7.77. The lowest BCUT2D eigenvalue weighted by Gasteiger charge is -2.29. The van der Waals surface area contributed by atoms with Gasteiger partial charge in [0.2, 0.25) is 0 Å². The van der Waals surface area contributed by atoms with Crippen LogP contribution >= 0.6 is 34.8 Å². The molecule has 0 aliphatic carbocycles. The maximum Gasteiger partial charge on any atom is 0.280 e. The van der Waals surface area contributed by atoms with Gasteiger partial charge < -0.3 is 9.80 Å². The molecule has 14 heteroatoms. The summed E-state index contributed by atoms with van der Waals surface area (Å²) in [5.41, 5.74) is 3.19. The summed E-state index contributed by atoms with van der Waals surface area (Å²) in [6, 6.07) is 28.9. The highest BCUT2D eigenvalue weighted by atomic mass is 35.5. The summed E-state index contributed by atoms with van der Waals surface area (Å²) >= 11 is 19.4. The Bertz CT molecular complexity index is 2650. The van der Waals surface area contributed by atoms with Gasteiger partial charge in [-0.05, 0) is 90.2 Å². The van der Waals surface area contributed by atoms with Crippen molar-refractivity contribution in [2.24, 2.45) is 0 Å². The van der Waals surface area contributed by atoms with Crippen LogP contribution in [0.2, 0.25) is 15.1 Å². The summed E-state index contributed by atoms with van der Waals surface area (Å²) in [4.78, 5) is 45.5. The molecule has 3 amide bonds. The molecule has 1 aliphatic rings. The zero-order valence-electron chi connectivity index (χ0n) is 30.4. The van der Waals surface area contributed by atoms with Crippen molar-refractivity contribution in [2.45, 2.75) is 44.6 Å². The van der Waals surface area contributed by atoms with Crippen LogP contribution in [0.4, 0.5) is 5.69 Å². The second-order valence-electron chi connectivity index (χ2n) is 13.5. The molecule has 0 bridgehead atoms. The maximum atomic E-state index is 14.5. The molecule has 2 heterocycles. The number of carbonyl (C=O) groups excluding carboxylic acids is 3. The Balaban J connectivity index is 1.27. The number of carbonyl (C=O) groups is 3. The predicted octanol–water partition coefficient (Wildman–Crippen LogP) is 9.06. The second kappa shape index (κ2) is 16.1. The van der Waals surface area contributed by atoms with Crippen LogP contribution in [-0.4, -0.2) is 53.9 Å². The molecule has 0 atom stereocenters. The fourth-order valence-corrected chi connectivity index (χ4v) is 8.25. The van der Waals surface area contributed by atoms with E-state index < -0.39 is 27.7 Å². The highest BCUT2D eigenvalue weighted by Gasteiger charge is 2.30. The summed E-state index contributed by atoms with van der Waals surface area (Å²) in [7, 11) is -4.30. The van der Waals surface area contributed by atoms with Crippen molar-refractivity contribution in [2.75, 3.05) is 18.0 Å². The maximum absolute atomic E-state index is 14.5. The molecule has 0 spiro atoms. The van der Waals surface area contributed by atoms with Crippen molar-refractivity contribution in [3.05, 3.63) is 152 Å². The fraction of sp³-hybridized carbons (Fsp3) is 0.190. The van der Waals surface area contributed by atoms with E-state index in [1.807, 2.05) is 43.3 Å². The Morgan fingerprint density at radius 3 is 2.32 bits per heavy atom. The molecule has 1 aromatic heterocycles. The van der Waals surface area contributed by atoms with Gasteiger partial charge in [0.1, 0.15) is 0 Å². The predicted molar refractivity (Wildman–Crippen MR) is 220 cm³/mol. The summed E-state index contributed by atoms with van der Waals surface area (Å²) in [6.07, 6.45) is 2.11. The number of hydrogen-bond acceptors (Lipinski definition) is 6. The number of nitrogens with zero attached hydrogens (tertiary/aromatic N) is 4. The summed E-state index contributed by atoms with van der Waals surface area (Å²) in [5.74, 6) is -1.83. The monoisotopic (exact) mass is 827 g/mol. The molecule has 1 N–H and O–H groups in total. The lowest BCUT2D eigenvalue weighted by atomic mass is 9.98. The average molecular weight is 829 g/mol. The first-order valence-electron chi connectivity index (χ1n) is 17.9. The topological polar surface area (TPSA) is 122 Å². The Labute approximate surface area is 339 Å². The minimum atomic E-state index is -4.30. The first kappa shape index (κ1) is 39.1. The van der Waals surface area contributed by atoms with Crippen LogP contribution < -0.4 is 9.62 Å². The standard InChI is InChI=1S/C42H36Cl3N5O5S/c1-3-4-20-49(32-15-17-35(43)36(44)24-32)42(53)39-38(45)26(2)50(46-39)37-18-14-30(23-34(37)41(52)48-21-19-28-10-6-8-12-31(28)25-48)40(51)47-56(54,55)33-16-13-27-9-5-7-11-29(27)22-33/h5-18,22-24H,3-4,19-21,25H2,1-2H3,(H,47,51). The number of halogens is 3. The van der Waals surface area contributed by atoms with Gasteiger partial charge in [-0.15, -0.1) is 0 Å². The van der Waals surface area contributed by atoms with Gasteiger partial charge in [-0.1, -0.05) is 103 Å². The van der Waals surface area contributed by atoms with E-state index in [9.17, 15) is 22.8 Å². The van der Waals surface area contributed by atoms with Crippen LogP contribution in [0.1, 0.15) is 67.8 Å². The molecule has 10 nitrogen and oxygen atoms in total. The quantitative estimate of drug-likeness (QED) is 0.147. The van der Waals surface area contributed by atoms with Crippen LogP contribution in [0.15, 0.2) is 108 Å². The van der Waals surface area contributed by atoms with Crippen LogP contribution in [0, 0.1) is 6.92 Å². The molecule has 0 saturated carbocycles. The Hall–Kier alpha value is -5.20. The molecule has 7 rings (SSSR count). The van der Waals surface area contributed by atoms with Crippen LogP contribution in [-0.2, 0) is 23.0 Å². The fourth-order valence-electron chi connectivity index (χ4n) is 6.75. The van der Waals surface area contributed by atoms with Crippen molar-refractivity contribution < 1.29 is 22.8 Å². The number of nitrogens with one attached hydrogen (secondary N) is 1.